The molecule has 2 N–H and O–H groups in total. The fourth-order valence-electron chi connectivity index (χ4n) is 1.49. The fraction of sp³-hybridized carbons (Fsp3) is 0.571. The van der Waals surface area contributed by atoms with E-state index in [4.69, 9.17) is 10.5 Å². The second-order valence-electron chi connectivity index (χ2n) is 3.29. The van der Waals surface area contributed by atoms with Crippen molar-refractivity contribution >= 4 is 0 Å². The molecule has 16 heavy (non-hydrogen) atoms. The van der Waals surface area contributed by atoms with Gasteiger partial charge in [-0.15, -0.1) is 0 Å². The van der Waals surface area contributed by atoms with Crippen molar-refractivity contribution in [1.82, 2.24) is 0 Å². The van der Waals surface area contributed by atoms with E-state index in [1.54, 1.807) is 7.11 Å². The maximum atomic E-state index is 5.52. The molecule has 0 aliphatic rings. The molecule has 0 heterocycles. The van der Waals surface area contributed by atoms with Gasteiger partial charge < -0.3 is 10.5 Å². The van der Waals surface area contributed by atoms with Gasteiger partial charge in [0.15, 0.2) is 0 Å². The van der Waals surface area contributed by atoms with Gasteiger partial charge >= 0.3 is 0 Å². The lowest BCUT2D eigenvalue weighted by atomic mass is 10.0. The third kappa shape index (κ3) is 4.67. The maximum Gasteiger partial charge on any atom is 0.122 e. The van der Waals surface area contributed by atoms with Crippen LogP contribution in [0.1, 0.15) is 38.0 Å². The lowest BCUT2D eigenvalue weighted by Gasteiger charge is -2.10. The number of nitrogens with two attached hydrogens (primary N) is 1. The van der Waals surface area contributed by atoms with Crippen LogP contribution in [0.25, 0.3) is 0 Å². The Morgan fingerprint density at radius 3 is 2.12 bits per heavy atom. The minimum Gasteiger partial charge on any atom is -0.496 e. The van der Waals surface area contributed by atoms with Crippen LogP contribution in [0.3, 0.4) is 0 Å². The summed E-state index contributed by atoms with van der Waals surface area (Å²) in [6.07, 6.45) is 0.941. The molecule has 0 spiro atoms. The van der Waals surface area contributed by atoms with Crippen LogP contribution in [0.15, 0.2) is 12.1 Å². The van der Waals surface area contributed by atoms with E-state index in [0.717, 1.165) is 12.2 Å². The molecule has 1 rings (SSSR count). The van der Waals surface area contributed by atoms with Crippen molar-refractivity contribution in [3.63, 3.8) is 0 Å². The van der Waals surface area contributed by atoms with E-state index < -0.39 is 0 Å². The quantitative estimate of drug-likeness (QED) is 0.855. The summed E-state index contributed by atoms with van der Waals surface area (Å²) in [5.41, 5.74) is 9.27. The first-order valence-electron chi connectivity index (χ1n) is 5.53. The van der Waals surface area contributed by atoms with E-state index in [0.29, 0.717) is 6.54 Å². The van der Waals surface area contributed by atoms with E-state index >= 15 is 0 Å². The summed E-state index contributed by atoms with van der Waals surface area (Å²) in [5.74, 6) is 0.957. The zero-order chi connectivity index (χ0) is 11.8. The van der Waals surface area contributed by atoms with E-state index in [-0.39, 0.29) is 7.43 Å². The molecule has 0 aromatic heterocycles. The van der Waals surface area contributed by atoms with Crippen LogP contribution in [0.4, 0.5) is 0 Å². The Labute approximate surface area is 101 Å². The van der Waals surface area contributed by atoms with Crippen LogP contribution in [0, 0.1) is 13.8 Å². The molecule has 0 atom stereocenters. The van der Waals surface area contributed by atoms with Gasteiger partial charge in [0.1, 0.15) is 5.75 Å². The molecular formula is C14H27NO. The van der Waals surface area contributed by atoms with Crippen LogP contribution in [-0.2, 0) is 6.42 Å². The summed E-state index contributed by atoms with van der Waals surface area (Å²) < 4.78 is 5.23. The summed E-state index contributed by atoms with van der Waals surface area (Å²) >= 11 is 0. The van der Waals surface area contributed by atoms with Crippen molar-refractivity contribution in [2.45, 2.75) is 41.5 Å². The summed E-state index contributed by atoms with van der Waals surface area (Å²) in [5, 5.41) is 0. The topological polar surface area (TPSA) is 35.2 Å². The number of methoxy groups -OCH3 is 1. The van der Waals surface area contributed by atoms with Gasteiger partial charge in [0.05, 0.1) is 7.11 Å². The molecule has 2 heteroatoms. The van der Waals surface area contributed by atoms with Crippen LogP contribution in [0.5, 0.6) is 5.75 Å². The molecule has 0 fully saturated rings. The highest BCUT2D eigenvalue weighted by atomic mass is 16.5. The van der Waals surface area contributed by atoms with Crippen LogP contribution in [-0.4, -0.2) is 13.7 Å². The minimum absolute atomic E-state index is 0. The normalized spacial score (nSPS) is 8.62. The largest absolute Gasteiger partial charge is 0.496 e. The molecule has 1 aromatic carbocycles. The van der Waals surface area contributed by atoms with Crippen molar-refractivity contribution in [3.05, 3.63) is 28.8 Å². The predicted octanol–water partition coefficient (Wildman–Crippen LogP) is 3.48. The third-order valence-corrected chi connectivity index (χ3v) is 2.27. The average molecular weight is 225 g/mol. The second kappa shape index (κ2) is 9.22. The smallest absolute Gasteiger partial charge is 0.122 e. The predicted molar refractivity (Wildman–Crippen MR) is 73.3 cm³/mol. The number of benzene rings is 1. The molecule has 0 aliphatic heterocycles. The van der Waals surface area contributed by atoms with Crippen molar-refractivity contribution in [2.75, 3.05) is 13.7 Å². The molecule has 0 unspecified atom stereocenters. The van der Waals surface area contributed by atoms with E-state index in [1.807, 2.05) is 13.8 Å². The van der Waals surface area contributed by atoms with E-state index in [9.17, 15) is 0 Å². The SMILES string of the molecule is C.CC.COc1cc(C)c(CCN)cc1C. The van der Waals surface area contributed by atoms with Crippen LogP contribution < -0.4 is 10.5 Å². The van der Waals surface area contributed by atoms with Crippen molar-refractivity contribution in [2.24, 2.45) is 5.73 Å². The average Bonchev–Trinajstić information content (AvgIpc) is 2.26. The van der Waals surface area contributed by atoms with E-state index in [2.05, 4.69) is 26.0 Å². The molecule has 0 amide bonds. The summed E-state index contributed by atoms with van der Waals surface area (Å²) in [6.45, 7) is 8.85. The lowest BCUT2D eigenvalue weighted by molar-refractivity contribution is 0.411. The van der Waals surface area contributed by atoms with Gasteiger partial charge in [-0.1, -0.05) is 27.3 Å². The van der Waals surface area contributed by atoms with Crippen LogP contribution >= 0.6 is 0 Å². The molecule has 0 aliphatic carbocycles. The molecule has 1 aromatic rings. The summed E-state index contributed by atoms with van der Waals surface area (Å²) in [7, 11) is 1.70. The van der Waals surface area contributed by atoms with E-state index in [1.165, 1.54) is 16.7 Å². The Bertz CT molecular complexity index is 295. The van der Waals surface area contributed by atoms with Gasteiger partial charge in [-0.25, -0.2) is 0 Å². The molecule has 0 saturated heterocycles. The van der Waals surface area contributed by atoms with Gasteiger partial charge in [-0.3, -0.25) is 0 Å². The monoisotopic (exact) mass is 225 g/mol. The maximum absolute atomic E-state index is 5.52. The van der Waals surface area contributed by atoms with Crippen molar-refractivity contribution < 1.29 is 4.74 Å². The summed E-state index contributed by atoms with van der Waals surface area (Å²) in [4.78, 5) is 0. The zero-order valence-electron chi connectivity index (χ0n) is 10.6. The number of rotatable bonds is 3. The van der Waals surface area contributed by atoms with Gasteiger partial charge in [-0.2, -0.15) is 0 Å². The molecule has 0 bridgehead atoms. The molecule has 94 valence electrons. The lowest BCUT2D eigenvalue weighted by Crippen LogP contribution is -2.04. The number of ether oxygens (including phenoxy) is 1. The standard InChI is InChI=1S/C11H17NO.C2H6.CH4/c1-8-7-11(13-3)9(2)6-10(8)4-5-12;1-2;/h6-7H,4-5,12H2,1-3H3;1-2H3;1H4. The first-order valence-corrected chi connectivity index (χ1v) is 5.53. The van der Waals surface area contributed by atoms with Gasteiger partial charge in [0.2, 0.25) is 0 Å². The number of hydrogen-bond acceptors (Lipinski definition) is 2. The fourth-order valence-corrected chi connectivity index (χ4v) is 1.49. The Kier molecular flexibility index (Phi) is 10.0. The second-order valence-corrected chi connectivity index (χ2v) is 3.29. The van der Waals surface area contributed by atoms with Gasteiger partial charge in [-0.05, 0) is 49.6 Å². The Balaban J connectivity index is 0. The number of hydrogen-bond donors (Lipinski definition) is 1. The minimum atomic E-state index is 0. The first-order chi connectivity index (χ1) is 7.19. The molecule has 2 nitrogen and oxygen atoms in total. The number of aryl methyl sites for hydroxylation is 2. The third-order valence-electron chi connectivity index (χ3n) is 2.27. The van der Waals surface area contributed by atoms with Gasteiger partial charge in [0, 0.05) is 0 Å². The van der Waals surface area contributed by atoms with Crippen LogP contribution in [0.2, 0.25) is 0 Å². The highest BCUT2D eigenvalue weighted by Gasteiger charge is 2.03. The zero-order valence-corrected chi connectivity index (χ0v) is 10.6. The molecule has 0 radical (unpaired) electrons. The highest BCUT2D eigenvalue weighted by Crippen LogP contribution is 2.22. The molecule has 0 saturated carbocycles. The van der Waals surface area contributed by atoms with Gasteiger partial charge in [0.25, 0.3) is 0 Å². The molecular weight excluding hydrogens is 198 g/mol. The Morgan fingerprint density at radius 2 is 1.69 bits per heavy atom. The highest BCUT2D eigenvalue weighted by molar-refractivity contribution is 5.41. The Hall–Kier alpha value is -1.02. The van der Waals surface area contributed by atoms with Crippen molar-refractivity contribution in [1.29, 1.82) is 0 Å². The summed E-state index contributed by atoms with van der Waals surface area (Å²) in [6, 6.07) is 4.22. The van der Waals surface area contributed by atoms with Crippen molar-refractivity contribution in [3.8, 4) is 5.75 Å². The first kappa shape index (κ1) is 17.4. The Morgan fingerprint density at radius 1 is 1.12 bits per heavy atom.